The third-order valence-electron chi connectivity index (χ3n) is 3.15. The highest BCUT2D eigenvalue weighted by molar-refractivity contribution is 5.79. The minimum Gasteiger partial charge on any atom is -0.459 e. The summed E-state index contributed by atoms with van der Waals surface area (Å²) in [6.45, 7) is 12.0. The van der Waals surface area contributed by atoms with Crippen molar-refractivity contribution >= 4 is 5.97 Å². The van der Waals surface area contributed by atoms with Gasteiger partial charge in [0.1, 0.15) is 5.60 Å². The van der Waals surface area contributed by atoms with Crippen molar-refractivity contribution < 1.29 is 9.53 Å². The van der Waals surface area contributed by atoms with Crippen molar-refractivity contribution in [3.8, 4) is 0 Å². The number of hydrogen-bond donors (Lipinski definition) is 0. The monoisotopic (exact) mass is 262 g/mol. The summed E-state index contributed by atoms with van der Waals surface area (Å²) in [6.07, 6.45) is 1.71. The maximum absolute atomic E-state index is 12.3. The Morgan fingerprint density at radius 3 is 2.37 bits per heavy atom. The molecule has 0 aliphatic heterocycles. The second kappa shape index (κ2) is 6.23. The molecule has 1 atom stereocenters. The third-order valence-corrected chi connectivity index (χ3v) is 3.15. The molecule has 0 saturated heterocycles. The fourth-order valence-corrected chi connectivity index (χ4v) is 2.27. The Balaban J connectivity index is 3.06. The smallest absolute Gasteiger partial charge is 0.313 e. The van der Waals surface area contributed by atoms with E-state index in [1.54, 1.807) is 0 Å². The number of aryl methyl sites for hydroxylation is 2. The Morgan fingerprint density at radius 2 is 1.89 bits per heavy atom. The van der Waals surface area contributed by atoms with Crippen molar-refractivity contribution in [3.63, 3.8) is 0 Å². The average Bonchev–Trinajstić information content (AvgIpc) is 2.29. The molecule has 19 heavy (non-hydrogen) atoms. The minimum atomic E-state index is -0.429. The Hall–Kier alpha value is -1.31. The van der Waals surface area contributed by atoms with E-state index >= 15 is 0 Å². The van der Waals surface area contributed by atoms with Crippen LogP contribution in [0.25, 0.3) is 0 Å². The van der Waals surface area contributed by atoms with Gasteiger partial charge in [-0.05, 0) is 51.7 Å². The van der Waals surface area contributed by atoms with Crippen molar-refractivity contribution in [2.75, 3.05) is 0 Å². The van der Waals surface area contributed by atoms with Crippen molar-refractivity contribution in [3.05, 3.63) is 34.9 Å². The van der Waals surface area contributed by atoms with Crippen molar-refractivity contribution in [2.24, 2.45) is 0 Å². The second-order valence-electron chi connectivity index (χ2n) is 6.05. The van der Waals surface area contributed by atoms with E-state index in [1.165, 1.54) is 11.1 Å². The zero-order valence-corrected chi connectivity index (χ0v) is 13.0. The summed E-state index contributed by atoms with van der Waals surface area (Å²) >= 11 is 0. The van der Waals surface area contributed by atoms with Gasteiger partial charge in [-0.15, -0.1) is 0 Å². The number of carbonyl (C=O) groups is 1. The molecule has 106 valence electrons. The molecule has 0 saturated carbocycles. The topological polar surface area (TPSA) is 26.3 Å². The Bertz CT molecular complexity index is 441. The first-order valence-corrected chi connectivity index (χ1v) is 7.10. The van der Waals surface area contributed by atoms with E-state index in [4.69, 9.17) is 4.74 Å². The van der Waals surface area contributed by atoms with Crippen LogP contribution >= 0.6 is 0 Å². The van der Waals surface area contributed by atoms with Gasteiger partial charge in [-0.25, -0.2) is 0 Å². The molecule has 1 rings (SSSR count). The molecule has 0 aliphatic rings. The summed E-state index contributed by atoms with van der Waals surface area (Å²) in [5.74, 6) is -0.275. The van der Waals surface area contributed by atoms with Crippen LogP contribution < -0.4 is 0 Å². The highest BCUT2D eigenvalue weighted by Gasteiger charge is 2.26. The van der Waals surface area contributed by atoms with Crippen LogP contribution in [0.1, 0.15) is 63.6 Å². The molecule has 0 fully saturated rings. The van der Waals surface area contributed by atoms with E-state index in [0.717, 1.165) is 18.4 Å². The molecule has 2 heteroatoms. The van der Waals surface area contributed by atoms with Crippen molar-refractivity contribution in [1.29, 1.82) is 0 Å². The summed E-state index contributed by atoms with van der Waals surface area (Å²) < 4.78 is 5.54. The molecule has 1 aromatic rings. The van der Waals surface area contributed by atoms with E-state index < -0.39 is 5.60 Å². The molecular weight excluding hydrogens is 236 g/mol. The predicted molar refractivity (Wildman–Crippen MR) is 79.4 cm³/mol. The lowest BCUT2D eigenvalue weighted by atomic mass is 9.90. The zero-order valence-electron chi connectivity index (χ0n) is 13.0. The van der Waals surface area contributed by atoms with Crippen LogP contribution in [0.3, 0.4) is 0 Å². The van der Waals surface area contributed by atoms with E-state index in [-0.39, 0.29) is 11.9 Å². The summed E-state index contributed by atoms with van der Waals surface area (Å²) in [6, 6.07) is 6.32. The fourth-order valence-electron chi connectivity index (χ4n) is 2.27. The van der Waals surface area contributed by atoms with E-state index in [9.17, 15) is 4.79 Å². The molecule has 0 amide bonds. The molecular formula is C17H26O2. The molecule has 0 radical (unpaired) electrons. The second-order valence-corrected chi connectivity index (χ2v) is 6.05. The normalized spacial score (nSPS) is 13.2. The van der Waals surface area contributed by atoms with Crippen LogP contribution in [0, 0.1) is 6.92 Å². The number of ether oxygens (including phenoxy) is 1. The molecule has 1 unspecified atom stereocenters. The Morgan fingerprint density at radius 1 is 1.26 bits per heavy atom. The fraction of sp³-hybridized carbons (Fsp3) is 0.588. The maximum atomic E-state index is 12.3. The van der Waals surface area contributed by atoms with Gasteiger partial charge < -0.3 is 4.74 Å². The third kappa shape index (κ3) is 4.38. The number of hydrogen-bond acceptors (Lipinski definition) is 2. The van der Waals surface area contributed by atoms with Crippen LogP contribution in [0.4, 0.5) is 0 Å². The van der Waals surface area contributed by atoms with Gasteiger partial charge in [-0.2, -0.15) is 0 Å². The lowest BCUT2D eigenvalue weighted by molar-refractivity contribution is -0.156. The summed E-state index contributed by atoms with van der Waals surface area (Å²) in [7, 11) is 0. The zero-order chi connectivity index (χ0) is 14.6. The van der Waals surface area contributed by atoms with E-state index in [0.29, 0.717) is 0 Å². The molecule has 0 bridgehead atoms. The van der Waals surface area contributed by atoms with Crippen LogP contribution in [0.2, 0.25) is 0 Å². The molecule has 0 heterocycles. The van der Waals surface area contributed by atoms with Gasteiger partial charge in [0.25, 0.3) is 0 Å². The van der Waals surface area contributed by atoms with E-state index in [1.807, 2.05) is 27.7 Å². The quantitative estimate of drug-likeness (QED) is 0.752. The minimum absolute atomic E-state index is 0.117. The number of esters is 1. The maximum Gasteiger partial charge on any atom is 0.313 e. The van der Waals surface area contributed by atoms with Crippen LogP contribution in [0.15, 0.2) is 18.2 Å². The standard InChI is InChI=1S/C17H26O2/c1-7-13-11-12(3)9-10-15(13)14(8-2)16(18)19-17(4,5)6/h9-11,14H,7-8H2,1-6H3. The first-order chi connectivity index (χ1) is 8.78. The number of rotatable bonds is 4. The largest absolute Gasteiger partial charge is 0.459 e. The summed E-state index contributed by atoms with van der Waals surface area (Å²) in [4.78, 5) is 12.3. The highest BCUT2D eigenvalue weighted by atomic mass is 16.6. The van der Waals surface area contributed by atoms with Gasteiger partial charge in [0.2, 0.25) is 0 Å². The molecule has 2 nitrogen and oxygen atoms in total. The van der Waals surface area contributed by atoms with Gasteiger partial charge in [-0.3, -0.25) is 4.79 Å². The average molecular weight is 262 g/mol. The van der Waals surface area contributed by atoms with Gasteiger partial charge in [0, 0.05) is 0 Å². The summed E-state index contributed by atoms with van der Waals surface area (Å²) in [5.41, 5.74) is 3.17. The molecule has 0 N–H and O–H groups in total. The van der Waals surface area contributed by atoms with Gasteiger partial charge in [0.15, 0.2) is 0 Å². The van der Waals surface area contributed by atoms with Gasteiger partial charge in [0.05, 0.1) is 5.92 Å². The molecule has 0 aromatic heterocycles. The summed E-state index contributed by atoms with van der Waals surface area (Å²) in [5, 5.41) is 0. The lowest BCUT2D eigenvalue weighted by Crippen LogP contribution is -2.28. The molecule has 0 aliphatic carbocycles. The number of benzene rings is 1. The van der Waals surface area contributed by atoms with Crippen LogP contribution in [-0.2, 0) is 16.0 Å². The van der Waals surface area contributed by atoms with Crippen molar-refractivity contribution in [1.82, 2.24) is 0 Å². The highest BCUT2D eigenvalue weighted by Crippen LogP contribution is 2.27. The van der Waals surface area contributed by atoms with Crippen molar-refractivity contribution in [2.45, 2.75) is 65.9 Å². The first-order valence-electron chi connectivity index (χ1n) is 7.10. The lowest BCUT2D eigenvalue weighted by Gasteiger charge is -2.24. The van der Waals surface area contributed by atoms with E-state index in [2.05, 4.69) is 32.0 Å². The van der Waals surface area contributed by atoms with Gasteiger partial charge in [-0.1, -0.05) is 37.6 Å². The van der Waals surface area contributed by atoms with Crippen LogP contribution in [-0.4, -0.2) is 11.6 Å². The SMILES string of the molecule is CCc1cc(C)ccc1C(CC)C(=O)OC(C)(C)C. The Kier molecular flexibility index (Phi) is 5.16. The molecule has 0 spiro atoms. The van der Waals surface area contributed by atoms with Crippen LogP contribution in [0.5, 0.6) is 0 Å². The first kappa shape index (κ1) is 15.7. The Labute approximate surface area is 117 Å². The predicted octanol–water partition coefficient (Wildman–Crippen LogP) is 4.39. The van der Waals surface area contributed by atoms with Gasteiger partial charge >= 0.3 is 5.97 Å². The number of carbonyl (C=O) groups excluding carboxylic acids is 1. The molecule has 1 aromatic carbocycles.